The summed E-state index contributed by atoms with van der Waals surface area (Å²) in [6.07, 6.45) is 0. The fraction of sp³-hybridized carbons (Fsp3) is 0. The maximum atomic E-state index is 11.4. The van der Waals surface area contributed by atoms with E-state index in [-0.39, 0.29) is 5.56 Å². The van der Waals surface area contributed by atoms with E-state index in [1.807, 2.05) is 42.5 Å². The number of hydrogen-bond acceptors (Lipinski definition) is 4. The zero-order chi connectivity index (χ0) is 17.0. The van der Waals surface area contributed by atoms with Crippen LogP contribution in [0.2, 0.25) is 0 Å². The van der Waals surface area contributed by atoms with Crippen molar-refractivity contribution in [3.63, 3.8) is 0 Å². The standard InChI is InChI=1S/C21H12N2O2/c24-21(25)16-10-5-11-17-18(16)23-20-15-9-4-2-7-13(15)12-6-1-3-8-14(12)19(20)22-17/h1-11H,(H,24,25)/p-1. The van der Waals surface area contributed by atoms with Crippen LogP contribution in [0.3, 0.4) is 0 Å². The largest absolute Gasteiger partial charge is 0.545 e. The lowest BCUT2D eigenvalue weighted by Gasteiger charge is -2.12. The molecule has 0 aliphatic carbocycles. The van der Waals surface area contributed by atoms with Crippen molar-refractivity contribution in [3.8, 4) is 0 Å². The molecule has 5 rings (SSSR count). The van der Waals surface area contributed by atoms with Gasteiger partial charge in [0.05, 0.1) is 28.0 Å². The van der Waals surface area contributed by atoms with E-state index in [1.54, 1.807) is 12.1 Å². The molecule has 0 bridgehead atoms. The van der Waals surface area contributed by atoms with Crippen LogP contribution in [0, 0.1) is 0 Å². The molecule has 0 aliphatic rings. The molecule has 0 radical (unpaired) electrons. The Balaban J connectivity index is 2.11. The third kappa shape index (κ3) is 1.91. The number of para-hydroxylation sites is 1. The first-order chi connectivity index (χ1) is 12.2. The average Bonchev–Trinajstić information content (AvgIpc) is 2.66. The highest BCUT2D eigenvalue weighted by atomic mass is 16.4. The number of benzene rings is 4. The summed E-state index contributed by atoms with van der Waals surface area (Å²) in [5, 5.41) is 15.6. The average molecular weight is 323 g/mol. The van der Waals surface area contributed by atoms with Gasteiger partial charge in [0, 0.05) is 16.3 Å². The molecule has 0 amide bonds. The quantitative estimate of drug-likeness (QED) is 0.350. The van der Waals surface area contributed by atoms with Crippen LogP contribution in [0.4, 0.5) is 0 Å². The first kappa shape index (κ1) is 13.9. The molecule has 0 saturated carbocycles. The molecule has 4 nitrogen and oxygen atoms in total. The Labute approximate surface area is 142 Å². The Morgan fingerprint density at radius 2 is 1.20 bits per heavy atom. The van der Waals surface area contributed by atoms with Gasteiger partial charge in [-0.15, -0.1) is 0 Å². The summed E-state index contributed by atoms with van der Waals surface area (Å²) in [4.78, 5) is 20.9. The van der Waals surface area contributed by atoms with Crippen molar-refractivity contribution in [1.82, 2.24) is 9.97 Å². The zero-order valence-electron chi connectivity index (χ0n) is 13.1. The number of carbonyl (C=O) groups excluding carboxylic acids is 1. The van der Waals surface area contributed by atoms with E-state index >= 15 is 0 Å². The van der Waals surface area contributed by atoms with Crippen molar-refractivity contribution in [1.29, 1.82) is 0 Å². The van der Waals surface area contributed by atoms with Crippen LogP contribution in [0.15, 0.2) is 66.7 Å². The maximum Gasteiger partial charge on any atom is 0.0985 e. The second-order valence-corrected chi connectivity index (χ2v) is 5.97. The smallest absolute Gasteiger partial charge is 0.0985 e. The predicted octanol–water partition coefficient (Wildman–Crippen LogP) is 3.45. The molecule has 118 valence electrons. The van der Waals surface area contributed by atoms with Gasteiger partial charge in [-0.05, 0) is 16.8 Å². The monoisotopic (exact) mass is 323 g/mol. The molecule has 0 spiro atoms. The first-order valence-electron chi connectivity index (χ1n) is 7.95. The van der Waals surface area contributed by atoms with Crippen molar-refractivity contribution in [2.24, 2.45) is 0 Å². The summed E-state index contributed by atoms with van der Waals surface area (Å²) >= 11 is 0. The molecule has 0 N–H and O–H groups in total. The minimum atomic E-state index is -1.25. The second kappa shape index (κ2) is 4.98. The molecule has 4 heteroatoms. The van der Waals surface area contributed by atoms with E-state index in [0.717, 1.165) is 27.1 Å². The summed E-state index contributed by atoms with van der Waals surface area (Å²) in [7, 11) is 0. The highest BCUT2D eigenvalue weighted by molar-refractivity contribution is 6.24. The Hall–Kier alpha value is -3.53. The number of carboxylic acid groups (broad SMARTS) is 1. The number of rotatable bonds is 1. The number of carbonyl (C=O) groups is 1. The minimum Gasteiger partial charge on any atom is -0.545 e. The Kier molecular flexibility index (Phi) is 2.76. The summed E-state index contributed by atoms with van der Waals surface area (Å²) in [6.45, 7) is 0. The van der Waals surface area contributed by atoms with Crippen LogP contribution in [-0.4, -0.2) is 15.9 Å². The van der Waals surface area contributed by atoms with Gasteiger partial charge < -0.3 is 9.90 Å². The molecule has 0 aliphatic heterocycles. The van der Waals surface area contributed by atoms with Gasteiger partial charge in [-0.1, -0.05) is 60.7 Å². The van der Waals surface area contributed by atoms with Crippen LogP contribution >= 0.6 is 0 Å². The molecule has 1 heterocycles. The van der Waals surface area contributed by atoms with Gasteiger partial charge in [0.2, 0.25) is 0 Å². The summed E-state index contributed by atoms with van der Waals surface area (Å²) in [5.41, 5.74) is 2.45. The lowest BCUT2D eigenvalue weighted by atomic mass is 9.99. The van der Waals surface area contributed by atoms with E-state index in [4.69, 9.17) is 9.97 Å². The van der Waals surface area contributed by atoms with Crippen molar-refractivity contribution in [2.45, 2.75) is 0 Å². The summed E-state index contributed by atoms with van der Waals surface area (Å²) in [5.74, 6) is -1.25. The van der Waals surface area contributed by atoms with Gasteiger partial charge in [-0.25, -0.2) is 9.97 Å². The molecule has 5 aromatic rings. The number of fused-ring (bicyclic) bond motifs is 7. The SMILES string of the molecule is O=C([O-])c1cccc2nc3c4ccccc4c4ccccc4c3nc12. The highest BCUT2D eigenvalue weighted by Crippen LogP contribution is 2.34. The molecule has 4 aromatic carbocycles. The molecule has 0 saturated heterocycles. The molecular formula is C21H11N2O2-. The minimum absolute atomic E-state index is 0.0594. The third-order valence-electron chi connectivity index (χ3n) is 4.57. The van der Waals surface area contributed by atoms with Gasteiger partial charge in [-0.3, -0.25) is 0 Å². The van der Waals surface area contributed by atoms with Crippen molar-refractivity contribution in [3.05, 3.63) is 72.3 Å². The Morgan fingerprint density at radius 1 is 0.640 bits per heavy atom. The van der Waals surface area contributed by atoms with Gasteiger partial charge in [0.15, 0.2) is 0 Å². The fourth-order valence-electron chi connectivity index (χ4n) is 3.47. The van der Waals surface area contributed by atoms with Crippen LogP contribution in [0.5, 0.6) is 0 Å². The molecule has 0 unspecified atom stereocenters. The lowest BCUT2D eigenvalue weighted by molar-refractivity contribution is -0.254. The molecule has 25 heavy (non-hydrogen) atoms. The van der Waals surface area contributed by atoms with Gasteiger partial charge in [0.1, 0.15) is 0 Å². The Bertz CT molecular complexity index is 1330. The molecule has 0 atom stereocenters. The van der Waals surface area contributed by atoms with Crippen LogP contribution < -0.4 is 5.11 Å². The normalized spacial score (nSPS) is 11.5. The van der Waals surface area contributed by atoms with E-state index in [0.29, 0.717) is 16.6 Å². The van der Waals surface area contributed by atoms with Crippen LogP contribution in [-0.2, 0) is 0 Å². The van der Waals surface area contributed by atoms with E-state index in [1.165, 1.54) is 6.07 Å². The maximum absolute atomic E-state index is 11.4. The zero-order valence-corrected chi connectivity index (χ0v) is 13.1. The number of nitrogens with zero attached hydrogens (tertiary/aromatic N) is 2. The van der Waals surface area contributed by atoms with E-state index < -0.39 is 5.97 Å². The van der Waals surface area contributed by atoms with Crippen LogP contribution in [0.25, 0.3) is 43.6 Å². The highest BCUT2D eigenvalue weighted by Gasteiger charge is 2.13. The summed E-state index contributed by atoms with van der Waals surface area (Å²) < 4.78 is 0. The molecular weight excluding hydrogens is 312 g/mol. The number of aromatic nitrogens is 2. The second-order valence-electron chi connectivity index (χ2n) is 5.97. The van der Waals surface area contributed by atoms with E-state index in [9.17, 15) is 9.90 Å². The van der Waals surface area contributed by atoms with E-state index in [2.05, 4.69) is 6.07 Å². The van der Waals surface area contributed by atoms with Crippen molar-refractivity contribution >= 4 is 49.6 Å². The summed E-state index contributed by atoms with van der Waals surface area (Å²) in [6, 6.07) is 21.0. The topological polar surface area (TPSA) is 65.9 Å². The van der Waals surface area contributed by atoms with Crippen LogP contribution in [0.1, 0.15) is 10.4 Å². The van der Waals surface area contributed by atoms with Gasteiger partial charge in [-0.2, -0.15) is 0 Å². The first-order valence-corrected chi connectivity index (χ1v) is 7.95. The van der Waals surface area contributed by atoms with Crippen molar-refractivity contribution in [2.75, 3.05) is 0 Å². The van der Waals surface area contributed by atoms with Crippen molar-refractivity contribution < 1.29 is 9.90 Å². The third-order valence-corrected chi connectivity index (χ3v) is 4.57. The number of aromatic carboxylic acids is 1. The molecule has 1 aromatic heterocycles. The fourth-order valence-corrected chi connectivity index (χ4v) is 3.47. The number of carboxylic acids is 1. The predicted molar refractivity (Wildman–Crippen MR) is 96.4 cm³/mol. The number of hydrogen-bond donors (Lipinski definition) is 0. The molecule has 0 fully saturated rings. The van der Waals surface area contributed by atoms with Gasteiger partial charge in [0.25, 0.3) is 0 Å². The Morgan fingerprint density at radius 3 is 1.80 bits per heavy atom. The van der Waals surface area contributed by atoms with Gasteiger partial charge >= 0.3 is 0 Å². The lowest BCUT2D eigenvalue weighted by Crippen LogP contribution is -2.22.